The smallest absolute Gasteiger partial charge is 0.295 e. The van der Waals surface area contributed by atoms with Crippen molar-refractivity contribution in [3.63, 3.8) is 0 Å². The summed E-state index contributed by atoms with van der Waals surface area (Å²) in [6.07, 6.45) is 1.43. The van der Waals surface area contributed by atoms with Gasteiger partial charge >= 0.3 is 0 Å². The van der Waals surface area contributed by atoms with Crippen molar-refractivity contribution in [2.45, 2.75) is 38.6 Å². The first kappa shape index (κ1) is 22.4. The molecule has 0 radical (unpaired) electrons. The van der Waals surface area contributed by atoms with Gasteiger partial charge in [-0.15, -0.1) is 0 Å². The van der Waals surface area contributed by atoms with Gasteiger partial charge in [-0.25, -0.2) is 0 Å². The minimum absolute atomic E-state index is 0.0115. The maximum Gasteiger partial charge on any atom is 0.295 e. The molecule has 0 spiro atoms. The zero-order valence-electron chi connectivity index (χ0n) is 18.2. The highest BCUT2D eigenvalue weighted by atomic mass is 16.7. The standard InChI is InChI=1S/C25H25NO7/c1-15-6-8-16(9-7-15)23(29)21-22(17-10-11-18-19(13-17)33-14-32-18)26(25(31)24(21)30)12-4-2-3-5-20(27)28/h6-11,13,22,29H,2-5,12,14H2,1H3,(H,27,28)/p-1/t22-/m0/s1. The molecular formula is C25H24NO7-. The van der Waals surface area contributed by atoms with Gasteiger partial charge in [-0.3, -0.25) is 9.59 Å². The van der Waals surface area contributed by atoms with Gasteiger partial charge in [0, 0.05) is 18.1 Å². The summed E-state index contributed by atoms with van der Waals surface area (Å²) >= 11 is 0. The van der Waals surface area contributed by atoms with E-state index in [1.807, 2.05) is 19.1 Å². The summed E-state index contributed by atoms with van der Waals surface area (Å²) in [5.41, 5.74) is 2.06. The van der Waals surface area contributed by atoms with Crippen molar-refractivity contribution >= 4 is 23.4 Å². The predicted octanol–water partition coefficient (Wildman–Crippen LogP) is 2.46. The molecule has 2 heterocycles. The Labute approximate surface area is 191 Å². The number of hydrogen-bond donors (Lipinski definition) is 1. The SMILES string of the molecule is Cc1ccc(C(O)=C2C(=O)C(=O)N(CCCCCC(=O)[O-])[C@H]2c2ccc3c(c2)OCO3)cc1. The molecule has 4 rings (SSSR count). The van der Waals surface area contributed by atoms with E-state index in [0.29, 0.717) is 41.9 Å². The fraction of sp³-hybridized carbons (Fsp3) is 0.320. The zero-order chi connectivity index (χ0) is 23.5. The summed E-state index contributed by atoms with van der Waals surface area (Å²) in [6.45, 7) is 2.23. The number of ether oxygens (including phenoxy) is 2. The number of carbonyl (C=O) groups excluding carboxylic acids is 3. The number of aryl methyl sites for hydroxylation is 1. The lowest BCUT2D eigenvalue weighted by Gasteiger charge is -2.25. The fourth-order valence-electron chi connectivity index (χ4n) is 4.14. The maximum atomic E-state index is 13.0. The van der Waals surface area contributed by atoms with Crippen LogP contribution in [-0.4, -0.2) is 41.0 Å². The van der Waals surface area contributed by atoms with Crippen molar-refractivity contribution in [2.24, 2.45) is 0 Å². The number of carboxylic acids is 1. The molecule has 172 valence electrons. The van der Waals surface area contributed by atoms with Crippen molar-refractivity contribution in [1.82, 2.24) is 4.90 Å². The average Bonchev–Trinajstić information content (AvgIpc) is 3.36. The van der Waals surface area contributed by atoms with Gasteiger partial charge in [0.25, 0.3) is 11.7 Å². The number of carboxylic acid groups (broad SMARTS) is 1. The third kappa shape index (κ3) is 4.55. The molecule has 1 fully saturated rings. The largest absolute Gasteiger partial charge is 0.550 e. The quantitative estimate of drug-likeness (QED) is 0.284. The molecule has 2 aliphatic rings. The molecule has 2 aromatic carbocycles. The van der Waals surface area contributed by atoms with Crippen LogP contribution in [0.3, 0.4) is 0 Å². The second-order valence-corrected chi connectivity index (χ2v) is 8.15. The first-order valence-electron chi connectivity index (χ1n) is 10.8. The number of likely N-dealkylation sites (tertiary alicyclic amines) is 1. The molecule has 0 aromatic heterocycles. The Bertz CT molecular complexity index is 1120. The van der Waals surface area contributed by atoms with E-state index in [-0.39, 0.29) is 31.1 Å². The highest BCUT2D eigenvalue weighted by Crippen LogP contribution is 2.43. The van der Waals surface area contributed by atoms with E-state index < -0.39 is 23.7 Å². The molecule has 0 aliphatic carbocycles. The first-order chi connectivity index (χ1) is 15.9. The van der Waals surface area contributed by atoms with Crippen LogP contribution in [0, 0.1) is 6.92 Å². The first-order valence-corrected chi connectivity index (χ1v) is 10.8. The number of ketones is 1. The molecule has 1 N–H and O–H groups in total. The van der Waals surface area contributed by atoms with Crippen LogP contribution >= 0.6 is 0 Å². The minimum atomic E-state index is -1.12. The Morgan fingerprint density at radius 2 is 1.79 bits per heavy atom. The number of aliphatic carboxylic acids is 1. The Kier molecular flexibility index (Phi) is 6.35. The number of carbonyl (C=O) groups is 3. The van der Waals surface area contributed by atoms with Crippen LogP contribution in [0.5, 0.6) is 11.5 Å². The van der Waals surface area contributed by atoms with Crippen molar-refractivity contribution in [3.05, 3.63) is 64.7 Å². The molecule has 2 aromatic rings. The van der Waals surface area contributed by atoms with E-state index in [4.69, 9.17) is 9.47 Å². The molecule has 2 aliphatic heterocycles. The van der Waals surface area contributed by atoms with E-state index in [9.17, 15) is 24.6 Å². The number of amides is 1. The molecule has 33 heavy (non-hydrogen) atoms. The lowest BCUT2D eigenvalue weighted by atomic mass is 9.94. The summed E-state index contributed by atoms with van der Waals surface area (Å²) in [5.74, 6) is -1.75. The number of aliphatic hydroxyl groups is 1. The number of benzene rings is 2. The number of hydrogen-bond acceptors (Lipinski definition) is 7. The molecule has 1 atom stereocenters. The summed E-state index contributed by atoms with van der Waals surface area (Å²) in [6, 6.07) is 11.4. The maximum absolute atomic E-state index is 13.0. The number of fused-ring (bicyclic) bond motifs is 1. The highest BCUT2D eigenvalue weighted by Gasteiger charge is 2.46. The van der Waals surface area contributed by atoms with E-state index in [1.54, 1.807) is 30.3 Å². The Balaban J connectivity index is 1.70. The number of unbranched alkanes of at least 4 members (excludes halogenated alkanes) is 2. The van der Waals surface area contributed by atoms with Crippen molar-refractivity contribution in [3.8, 4) is 11.5 Å². The molecule has 8 heteroatoms. The van der Waals surface area contributed by atoms with Gasteiger partial charge in [-0.1, -0.05) is 42.3 Å². The molecule has 8 nitrogen and oxygen atoms in total. The zero-order valence-corrected chi connectivity index (χ0v) is 18.2. The monoisotopic (exact) mass is 450 g/mol. The Morgan fingerprint density at radius 3 is 2.52 bits per heavy atom. The van der Waals surface area contributed by atoms with Crippen LogP contribution in [0.15, 0.2) is 48.0 Å². The molecular weight excluding hydrogens is 426 g/mol. The second-order valence-electron chi connectivity index (χ2n) is 8.15. The van der Waals surface area contributed by atoms with Crippen LogP contribution in [-0.2, 0) is 14.4 Å². The van der Waals surface area contributed by atoms with Gasteiger partial charge in [0.15, 0.2) is 11.5 Å². The number of Topliss-reactive ketones (excluding diaryl/α,β-unsaturated/α-hetero) is 1. The van der Waals surface area contributed by atoms with Crippen molar-refractivity contribution < 1.29 is 34.1 Å². The van der Waals surface area contributed by atoms with E-state index in [0.717, 1.165) is 5.56 Å². The lowest BCUT2D eigenvalue weighted by Crippen LogP contribution is -2.30. The molecule has 1 saturated heterocycles. The predicted molar refractivity (Wildman–Crippen MR) is 116 cm³/mol. The van der Waals surface area contributed by atoms with Gasteiger partial charge in [0.05, 0.1) is 11.6 Å². The average molecular weight is 450 g/mol. The lowest BCUT2D eigenvalue weighted by molar-refractivity contribution is -0.305. The summed E-state index contributed by atoms with van der Waals surface area (Å²) < 4.78 is 10.8. The Morgan fingerprint density at radius 1 is 1.06 bits per heavy atom. The van der Waals surface area contributed by atoms with Gasteiger partial charge in [0.1, 0.15) is 5.76 Å². The number of nitrogens with zero attached hydrogens (tertiary/aromatic N) is 1. The van der Waals surface area contributed by atoms with Crippen LogP contribution in [0.4, 0.5) is 0 Å². The Hall–Kier alpha value is -3.81. The highest BCUT2D eigenvalue weighted by molar-refractivity contribution is 6.46. The second kappa shape index (κ2) is 9.36. The van der Waals surface area contributed by atoms with Gasteiger partial charge in [-0.05, 0) is 43.9 Å². The van der Waals surface area contributed by atoms with Crippen LogP contribution in [0.1, 0.15) is 48.4 Å². The number of aliphatic hydroxyl groups excluding tert-OH is 1. The minimum Gasteiger partial charge on any atom is -0.550 e. The van der Waals surface area contributed by atoms with Gasteiger partial charge in [0.2, 0.25) is 6.79 Å². The molecule has 0 unspecified atom stereocenters. The topological polar surface area (TPSA) is 116 Å². The molecule has 0 saturated carbocycles. The number of rotatable bonds is 8. The van der Waals surface area contributed by atoms with Crippen LogP contribution < -0.4 is 14.6 Å². The van der Waals surface area contributed by atoms with Gasteiger partial charge in [-0.2, -0.15) is 0 Å². The summed E-state index contributed by atoms with van der Waals surface area (Å²) in [5, 5.41) is 21.7. The van der Waals surface area contributed by atoms with Crippen molar-refractivity contribution in [1.29, 1.82) is 0 Å². The molecule has 0 bridgehead atoms. The van der Waals surface area contributed by atoms with E-state index >= 15 is 0 Å². The fourth-order valence-corrected chi connectivity index (χ4v) is 4.14. The summed E-state index contributed by atoms with van der Waals surface area (Å²) in [7, 11) is 0. The van der Waals surface area contributed by atoms with E-state index in [1.165, 1.54) is 4.90 Å². The van der Waals surface area contributed by atoms with Crippen molar-refractivity contribution in [2.75, 3.05) is 13.3 Å². The van der Waals surface area contributed by atoms with Gasteiger partial charge < -0.3 is 29.4 Å². The molecule has 1 amide bonds. The summed E-state index contributed by atoms with van der Waals surface area (Å²) in [4.78, 5) is 38.1. The van der Waals surface area contributed by atoms with E-state index in [2.05, 4.69) is 0 Å². The van der Waals surface area contributed by atoms with Crippen LogP contribution in [0.2, 0.25) is 0 Å². The van der Waals surface area contributed by atoms with Crippen LogP contribution in [0.25, 0.3) is 5.76 Å². The normalized spacial score (nSPS) is 18.7. The third-order valence-corrected chi connectivity index (χ3v) is 5.86. The third-order valence-electron chi connectivity index (χ3n) is 5.86.